The molecule has 6 heteroatoms. The number of H-pyrrole nitrogens is 1. The fraction of sp³-hybridized carbons (Fsp3) is 0.300. The summed E-state index contributed by atoms with van der Waals surface area (Å²) in [5.74, 6) is -0.454. The lowest BCUT2D eigenvalue weighted by Gasteiger charge is -2.17. The van der Waals surface area contributed by atoms with Crippen LogP contribution in [0, 0.1) is 0 Å². The average molecular weight is 355 g/mol. The number of aliphatic hydroxyl groups excluding tert-OH is 1. The molecular formula is C20H25N3O3. The third kappa shape index (κ3) is 5.07. The average Bonchev–Trinajstić information content (AvgIpc) is 3.11. The number of hydrogen-bond acceptors (Lipinski definition) is 4. The van der Waals surface area contributed by atoms with E-state index in [2.05, 4.69) is 10.3 Å². The van der Waals surface area contributed by atoms with Gasteiger partial charge in [0.15, 0.2) is 5.78 Å². The molecule has 0 aliphatic carbocycles. The summed E-state index contributed by atoms with van der Waals surface area (Å²) < 4.78 is 0. The molecule has 138 valence electrons. The van der Waals surface area contributed by atoms with E-state index in [1.165, 1.54) is 6.20 Å². The first-order chi connectivity index (χ1) is 12.4. The number of Topliss-reactive ketones (excluding diaryl/α,β-unsaturated/α-hetero) is 1. The van der Waals surface area contributed by atoms with E-state index in [0.717, 1.165) is 5.56 Å². The Morgan fingerprint density at radius 3 is 2.58 bits per heavy atom. The number of rotatable bonds is 8. The Labute approximate surface area is 153 Å². The number of nitrogens with one attached hydrogen (secondary N) is 2. The fourth-order valence-corrected chi connectivity index (χ4v) is 2.70. The van der Waals surface area contributed by atoms with E-state index in [1.807, 2.05) is 44.4 Å². The molecule has 1 amide bonds. The SMILES string of the molecule is CC(=CN(C)C)C(=O)c1c[nH]c(C(=O)N[C@@H](CCO)c2ccccc2)c1. The van der Waals surface area contributed by atoms with E-state index in [-0.39, 0.29) is 24.3 Å². The Bertz CT molecular complexity index is 779. The highest BCUT2D eigenvalue weighted by molar-refractivity contribution is 6.09. The van der Waals surface area contributed by atoms with Crippen LogP contribution < -0.4 is 5.32 Å². The standard InChI is InChI=1S/C20H25N3O3/c1-14(13-23(2)3)19(25)16-11-18(21-12-16)20(26)22-17(9-10-24)15-7-5-4-6-8-15/h4-8,11-13,17,21,24H,9-10H2,1-3H3,(H,22,26)/t17-/m0/s1. The highest BCUT2D eigenvalue weighted by Gasteiger charge is 2.18. The van der Waals surface area contributed by atoms with Gasteiger partial charge in [0, 0.05) is 44.2 Å². The van der Waals surface area contributed by atoms with Gasteiger partial charge in [-0.1, -0.05) is 30.3 Å². The van der Waals surface area contributed by atoms with Crippen molar-refractivity contribution in [2.75, 3.05) is 20.7 Å². The molecule has 1 heterocycles. The van der Waals surface area contributed by atoms with Crippen molar-refractivity contribution in [3.05, 3.63) is 71.2 Å². The molecule has 2 rings (SSSR count). The number of ketones is 1. The van der Waals surface area contributed by atoms with Crippen LogP contribution >= 0.6 is 0 Å². The largest absolute Gasteiger partial charge is 0.396 e. The van der Waals surface area contributed by atoms with Crippen LogP contribution in [0.3, 0.4) is 0 Å². The topological polar surface area (TPSA) is 85.4 Å². The lowest BCUT2D eigenvalue weighted by atomic mass is 10.0. The molecule has 0 radical (unpaired) electrons. The zero-order valence-electron chi connectivity index (χ0n) is 15.3. The second-order valence-electron chi connectivity index (χ2n) is 6.36. The molecule has 0 saturated carbocycles. The number of allylic oxidation sites excluding steroid dienone is 1. The summed E-state index contributed by atoms with van der Waals surface area (Å²) in [5, 5.41) is 12.2. The number of carbonyl (C=O) groups is 2. The molecule has 3 N–H and O–H groups in total. The Hall–Kier alpha value is -2.86. The lowest BCUT2D eigenvalue weighted by Crippen LogP contribution is -2.29. The van der Waals surface area contributed by atoms with Gasteiger partial charge in [-0.15, -0.1) is 0 Å². The predicted octanol–water partition coefficient (Wildman–Crippen LogP) is 2.52. The highest BCUT2D eigenvalue weighted by atomic mass is 16.3. The maximum Gasteiger partial charge on any atom is 0.268 e. The van der Waals surface area contributed by atoms with E-state index >= 15 is 0 Å². The Kier molecular flexibility index (Phi) is 6.74. The van der Waals surface area contributed by atoms with Crippen molar-refractivity contribution in [3.63, 3.8) is 0 Å². The van der Waals surface area contributed by atoms with Crippen molar-refractivity contribution in [2.45, 2.75) is 19.4 Å². The highest BCUT2D eigenvalue weighted by Crippen LogP contribution is 2.17. The monoisotopic (exact) mass is 355 g/mol. The first kappa shape index (κ1) is 19.5. The zero-order valence-corrected chi connectivity index (χ0v) is 15.3. The first-order valence-electron chi connectivity index (χ1n) is 8.47. The van der Waals surface area contributed by atoms with Gasteiger partial charge in [0.05, 0.1) is 6.04 Å². The number of aliphatic hydroxyl groups is 1. The summed E-state index contributed by atoms with van der Waals surface area (Å²) in [6.07, 6.45) is 3.68. The van der Waals surface area contributed by atoms with Crippen LogP contribution in [0.25, 0.3) is 0 Å². The minimum atomic E-state index is -0.319. The number of hydrogen-bond donors (Lipinski definition) is 3. The number of benzene rings is 1. The van der Waals surface area contributed by atoms with E-state index in [9.17, 15) is 14.7 Å². The number of amides is 1. The van der Waals surface area contributed by atoms with E-state index in [4.69, 9.17) is 0 Å². The maximum absolute atomic E-state index is 12.5. The molecule has 26 heavy (non-hydrogen) atoms. The summed E-state index contributed by atoms with van der Waals surface area (Å²) in [6, 6.07) is 10.7. The van der Waals surface area contributed by atoms with Crippen molar-refractivity contribution in [2.24, 2.45) is 0 Å². The number of aromatic nitrogens is 1. The summed E-state index contributed by atoms with van der Waals surface area (Å²) in [5.41, 5.74) is 2.25. The smallest absolute Gasteiger partial charge is 0.268 e. The van der Waals surface area contributed by atoms with Gasteiger partial charge in [-0.05, 0) is 25.0 Å². The van der Waals surface area contributed by atoms with Gasteiger partial charge >= 0.3 is 0 Å². The van der Waals surface area contributed by atoms with Crippen LogP contribution in [0.5, 0.6) is 0 Å². The molecule has 0 saturated heterocycles. The Morgan fingerprint density at radius 1 is 1.27 bits per heavy atom. The van der Waals surface area contributed by atoms with Crippen LogP contribution in [0.2, 0.25) is 0 Å². The quantitative estimate of drug-likeness (QED) is 0.502. The van der Waals surface area contributed by atoms with Crippen LogP contribution in [-0.4, -0.2) is 47.4 Å². The van der Waals surface area contributed by atoms with Crippen molar-refractivity contribution in [1.29, 1.82) is 0 Å². The molecule has 1 atom stereocenters. The Morgan fingerprint density at radius 2 is 1.96 bits per heavy atom. The van der Waals surface area contributed by atoms with Crippen LogP contribution in [0.1, 0.15) is 45.8 Å². The van der Waals surface area contributed by atoms with Gasteiger partial charge < -0.3 is 20.3 Å². The summed E-state index contributed by atoms with van der Waals surface area (Å²) >= 11 is 0. The first-order valence-corrected chi connectivity index (χ1v) is 8.47. The fourth-order valence-electron chi connectivity index (χ4n) is 2.70. The van der Waals surface area contributed by atoms with E-state index < -0.39 is 0 Å². The van der Waals surface area contributed by atoms with Crippen molar-refractivity contribution in [3.8, 4) is 0 Å². The van der Waals surface area contributed by atoms with Gasteiger partial charge in [-0.2, -0.15) is 0 Å². The van der Waals surface area contributed by atoms with Crippen LogP contribution in [0.15, 0.2) is 54.4 Å². The van der Waals surface area contributed by atoms with E-state index in [0.29, 0.717) is 23.3 Å². The predicted molar refractivity (Wildman–Crippen MR) is 101 cm³/mol. The summed E-state index contributed by atoms with van der Waals surface area (Å²) in [4.78, 5) is 29.6. The number of carbonyl (C=O) groups excluding carboxylic acids is 2. The van der Waals surface area contributed by atoms with Gasteiger partial charge in [0.1, 0.15) is 5.69 Å². The molecule has 6 nitrogen and oxygen atoms in total. The second kappa shape index (κ2) is 9.01. The van der Waals surface area contributed by atoms with Crippen molar-refractivity contribution < 1.29 is 14.7 Å². The third-order valence-corrected chi connectivity index (χ3v) is 3.92. The van der Waals surface area contributed by atoms with Crippen molar-refractivity contribution >= 4 is 11.7 Å². The minimum absolute atomic E-state index is 0.0389. The number of aromatic amines is 1. The summed E-state index contributed by atoms with van der Waals surface area (Å²) in [7, 11) is 3.69. The summed E-state index contributed by atoms with van der Waals surface area (Å²) in [6.45, 7) is 1.70. The van der Waals surface area contributed by atoms with Gasteiger partial charge in [-0.25, -0.2) is 0 Å². The van der Waals surface area contributed by atoms with Crippen molar-refractivity contribution in [1.82, 2.24) is 15.2 Å². The lowest BCUT2D eigenvalue weighted by molar-refractivity contribution is 0.0925. The maximum atomic E-state index is 12.5. The molecule has 0 spiro atoms. The third-order valence-electron chi connectivity index (χ3n) is 3.92. The molecule has 0 aliphatic heterocycles. The molecular weight excluding hydrogens is 330 g/mol. The molecule has 0 aliphatic rings. The molecule has 0 fully saturated rings. The van der Waals surface area contributed by atoms with Gasteiger partial charge in [-0.3, -0.25) is 9.59 Å². The van der Waals surface area contributed by atoms with Gasteiger partial charge in [0.2, 0.25) is 0 Å². The normalized spacial score (nSPS) is 12.5. The molecule has 1 aromatic heterocycles. The molecule has 1 aromatic carbocycles. The van der Waals surface area contributed by atoms with E-state index in [1.54, 1.807) is 24.1 Å². The number of nitrogens with zero attached hydrogens (tertiary/aromatic N) is 1. The van der Waals surface area contributed by atoms with Crippen LogP contribution in [0.4, 0.5) is 0 Å². The Balaban J connectivity index is 2.12. The minimum Gasteiger partial charge on any atom is -0.396 e. The second-order valence-corrected chi connectivity index (χ2v) is 6.36. The molecule has 0 bridgehead atoms. The van der Waals surface area contributed by atoms with Crippen LogP contribution in [-0.2, 0) is 0 Å². The zero-order chi connectivity index (χ0) is 19.1. The molecule has 2 aromatic rings. The molecule has 0 unspecified atom stereocenters. The van der Waals surface area contributed by atoms with Gasteiger partial charge in [0.25, 0.3) is 5.91 Å².